The number of hydrogen-bond acceptors (Lipinski definition) is 3. The van der Waals surface area contributed by atoms with Crippen LogP contribution in [0.3, 0.4) is 0 Å². The fraction of sp³-hybridized carbons (Fsp3) is 0.385. The summed E-state index contributed by atoms with van der Waals surface area (Å²) in [6.07, 6.45) is 0.767. The van der Waals surface area contributed by atoms with Crippen LogP contribution in [0, 0.1) is 5.92 Å². The Balaban J connectivity index is 2.18. The van der Waals surface area contributed by atoms with Gasteiger partial charge in [0.1, 0.15) is 5.92 Å². The Labute approximate surface area is 95.2 Å². The molecule has 16 heavy (non-hydrogen) atoms. The van der Waals surface area contributed by atoms with Gasteiger partial charge in [-0.3, -0.25) is 9.79 Å². The SMILES string of the molecule is CCOC(=O)C1CCN=C1c1ccccc1. The molecule has 0 saturated carbocycles. The first-order valence-electron chi connectivity index (χ1n) is 5.59. The summed E-state index contributed by atoms with van der Waals surface area (Å²) in [6.45, 7) is 2.97. The van der Waals surface area contributed by atoms with Crippen molar-refractivity contribution in [3.8, 4) is 0 Å². The molecule has 1 aliphatic heterocycles. The molecule has 1 aromatic carbocycles. The minimum atomic E-state index is -0.178. The molecule has 0 amide bonds. The maximum Gasteiger partial charge on any atom is 0.315 e. The molecule has 0 fully saturated rings. The molecule has 1 atom stereocenters. The maximum absolute atomic E-state index is 11.7. The van der Waals surface area contributed by atoms with Crippen LogP contribution >= 0.6 is 0 Å². The standard InChI is InChI=1S/C13H15NO2/c1-2-16-13(15)11-8-9-14-12(11)10-6-4-3-5-7-10/h3-7,11H,2,8-9H2,1H3. The van der Waals surface area contributed by atoms with Crippen LogP contribution in [0.15, 0.2) is 35.3 Å². The first kappa shape index (κ1) is 10.9. The highest BCUT2D eigenvalue weighted by atomic mass is 16.5. The van der Waals surface area contributed by atoms with Gasteiger partial charge < -0.3 is 4.74 Å². The molecule has 1 unspecified atom stereocenters. The number of hydrogen-bond donors (Lipinski definition) is 0. The van der Waals surface area contributed by atoms with Crippen LogP contribution in [0.4, 0.5) is 0 Å². The average molecular weight is 217 g/mol. The summed E-state index contributed by atoms with van der Waals surface area (Å²) in [6, 6.07) is 9.84. The zero-order valence-corrected chi connectivity index (χ0v) is 9.35. The highest BCUT2D eigenvalue weighted by Crippen LogP contribution is 2.21. The van der Waals surface area contributed by atoms with Crippen molar-refractivity contribution in [1.29, 1.82) is 0 Å². The van der Waals surface area contributed by atoms with Gasteiger partial charge >= 0.3 is 5.97 Å². The van der Waals surface area contributed by atoms with Crippen LogP contribution in [0.2, 0.25) is 0 Å². The molecule has 0 bridgehead atoms. The average Bonchev–Trinajstić information content (AvgIpc) is 2.79. The highest BCUT2D eigenvalue weighted by Gasteiger charge is 2.29. The smallest absolute Gasteiger partial charge is 0.315 e. The lowest BCUT2D eigenvalue weighted by molar-refractivity contribution is -0.145. The molecule has 0 aliphatic carbocycles. The van der Waals surface area contributed by atoms with Crippen LogP contribution in [0.5, 0.6) is 0 Å². The van der Waals surface area contributed by atoms with Crippen molar-refractivity contribution in [3.05, 3.63) is 35.9 Å². The number of carbonyl (C=O) groups excluding carboxylic acids is 1. The molecule has 0 N–H and O–H groups in total. The van der Waals surface area contributed by atoms with Crippen molar-refractivity contribution in [2.24, 2.45) is 10.9 Å². The van der Waals surface area contributed by atoms with E-state index in [1.54, 1.807) is 0 Å². The topological polar surface area (TPSA) is 38.7 Å². The Morgan fingerprint density at radius 3 is 2.88 bits per heavy atom. The van der Waals surface area contributed by atoms with E-state index in [-0.39, 0.29) is 11.9 Å². The molecule has 0 aromatic heterocycles. The summed E-state index contributed by atoms with van der Waals surface area (Å²) in [4.78, 5) is 16.1. The number of nitrogens with zero attached hydrogens (tertiary/aromatic N) is 1. The molecule has 84 valence electrons. The number of benzene rings is 1. The Morgan fingerprint density at radius 2 is 2.19 bits per heavy atom. The molecular weight excluding hydrogens is 202 g/mol. The third-order valence-electron chi connectivity index (χ3n) is 2.67. The molecular formula is C13H15NO2. The minimum Gasteiger partial charge on any atom is -0.465 e. The molecule has 3 nitrogen and oxygen atoms in total. The van der Waals surface area contributed by atoms with Gasteiger partial charge in [0.15, 0.2) is 0 Å². The van der Waals surface area contributed by atoms with Crippen LogP contribution in [0.1, 0.15) is 18.9 Å². The lowest BCUT2D eigenvalue weighted by atomic mass is 9.96. The van der Waals surface area contributed by atoms with Gasteiger partial charge in [-0.25, -0.2) is 0 Å². The number of ether oxygens (including phenoxy) is 1. The highest BCUT2D eigenvalue weighted by molar-refractivity contribution is 6.12. The van der Waals surface area contributed by atoms with E-state index in [4.69, 9.17) is 4.74 Å². The zero-order valence-electron chi connectivity index (χ0n) is 9.35. The van der Waals surface area contributed by atoms with Gasteiger partial charge in [-0.15, -0.1) is 0 Å². The van der Waals surface area contributed by atoms with E-state index in [2.05, 4.69) is 4.99 Å². The van der Waals surface area contributed by atoms with E-state index >= 15 is 0 Å². The summed E-state index contributed by atoms with van der Waals surface area (Å²) in [5.41, 5.74) is 1.90. The van der Waals surface area contributed by atoms with E-state index in [1.165, 1.54) is 0 Å². The van der Waals surface area contributed by atoms with Crippen molar-refractivity contribution in [2.45, 2.75) is 13.3 Å². The van der Waals surface area contributed by atoms with Crippen LogP contribution in [-0.4, -0.2) is 24.8 Å². The number of rotatable bonds is 3. The number of esters is 1. The normalized spacial score (nSPS) is 19.3. The van der Waals surface area contributed by atoms with E-state index in [9.17, 15) is 4.79 Å². The Kier molecular flexibility index (Phi) is 3.34. The van der Waals surface area contributed by atoms with Crippen molar-refractivity contribution in [2.75, 3.05) is 13.2 Å². The van der Waals surface area contributed by atoms with Gasteiger partial charge in [-0.05, 0) is 18.9 Å². The van der Waals surface area contributed by atoms with Gasteiger partial charge in [0.05, 0.1) is 12.3 Å². The molecule has 1 aliphatic rings. The van der Waals surface area contributed by atoms with E-state index < -0.39 is 0 Å². The van der Waals surface area contributed by atoms with Crippen molar-refractivity contribution in [1.82, 2.24) is 0 Å². The Bertz CT molecular complexity index is 398. The molecule has 2 rings (SSSR count). The quantitative estimate of drug-likeness (QED) is 0.727. The van der Waals surface area contributed by atoms with Gasteiger partial charge in [0.2, 0.25) is 0 Å². The fourth-order valence-electron chi connectivity index (χ4n) is 1.93. The van der Waals surface area contributed by atoms with E-state index in [1.807, 2.05) is 37.3 Å². The predicted molar refractivity (Wildman–Crippen MR) is 62.6 cm³/mol. The van der Waals surface area contributed by atoms with Gasteiger partial charge in [0, 0.05) is 6.54 Å². The van der Waals surface area contributed by atoms with E-state index in [0.29, 0.717) is 13.2 Å². The Hall–Kier alpha value is -1.64. The number of carbonyl (C=O) groups is 1. The summed E-state index contributed by atoms with van der Waals surface area (Å²) in [5, 5.41) is 0. The van der Waals surface area contributed by atoms with Crippen LogP contribution < -0.4 is 0 Å². The minimum absolute atomic E-state index is 0.150. The summed E-state index contributed by atoms with van der Waals surface area (Å²) >= 11 is 0. The maximum atomic E-state index is 11.7. The first-order valence-corrected chi connectivity index (χ1v) is 5.59. The van der Waals surface area contributed by atoms with Gasteiger partial charge in [-0.1, -0.05) is 30.3 Å². The third-order valence-corrected chi connectivity index (χ3v) is 2.67. The molecule has 1 heterocycles. The second-order valence-electron chi connectivity index (χ2n) is 3.73. The fourth-order valence-corrected chi connectivity index (χ4v) is 1.93. The molecule has 0 spiro atoms. The first-order chi connectivity index (χ1) is 7.83. The second-order valence-corrected chi connectivity index (χ2v) is 3.73. The van der Waals surface area contributed by atoms with Crippen LogP contribution in [-0.2, 0) is 9.53 Å². The van der Waals surface area contributed by atoms with Crippen molar-refractivity contribution in [3.63, 3.8) is 0 Å². The van der Waals surface area contributed by atoms with Crippen molar-refractivity contribution < 1.29 is 9.53 Å². The number of aliphatic imine (C=N–C) groups is 1. The second kappa shape index (κ2) is 4.92. The Morgan fingerprint density at radius 1 is 1.44 bits per heavy atom. The third kappa shape index (κ3) is 2.13. The van der Waals surface area contributed by atoms with E-state index in [0.717, 1.165) is 17.7 Å². The monoisotopic (exact) mass is 217 g/mol. The lowest BCUT2D eigenvalue weighted by Crippen LogP contribution is -2.23. The van der Waals surface area contributed by atoms with Gasteiger partial charge in [-0.2, -0.15) is 0 Å². The predicted octanol–water partition coefficient (Wildman–Crippen LogP) is 2.06. The lowest BCUT2D eigenvalue weighted by Gasteiger charge is -2.11. The summed E-state index contributed by atoms with van der Waals surface area (Å²) < 4.78 is 5.06. The summed E-state index contributed by atoms with van der Waals surface area (Å²) in [5.74, 6) is -0.329. The molecule has 0 radical (unpaired) electrons. The zero-order chi connectivity index (χ0) is 11.4. The van der Waals surface area contributed by atoms with Crippen molar-refractivity contribution >= 4 is 11.7 Å². The largest absolute Gasteiger partial charge is 0.465 e. The molecule has 3 heteroatoms. The molecule has 0 saturated heterocycles. The summed E-state index contributed by atoms with van der Waals surface area (Å²) in [7, 11) is 0. The molecule has 1 aromatic rings. The van der Waals surface area contributed by atoms with Crippen LogP contribution in [0.25, 0.3) is 0 Å². The van der Waals surface area contributed by atoms with Gasteiger partial charge in [0.25, 0.3) is 0 Å².